The normalized spacial score (nSPS) is 12.6. The summed E-state index contributed by atoms with van der Waals surface area (Å²) >= 11 is 0. The Morgan fingerprint density at radius 1 is 0.926 bits per heavy atom. The van der Waals surface area contributed by atoms with Crippen molar-refractivity contribution < 1.29 is 9.16 Å². The minimum Gasteiger partial charge on any atom is -0.497 e. The van der Waals surface area contributed by atoms with E-state index in [0.29, 0.717) is 0 Å². The van der Waals surface area contributed by atoms with Gasteiger partial charge < -0.3 is 9.16 Å². The maximum atomic E-state index is 6.89. The molecule has 0 fully saturated rings. The molecule has 146 valence electrons. The third-order valence-corrected chi connectivity index (χ3v) is 10.3. The van der Waals surface area contributed by atoms with Crippen LogP contribution in [-0.4, -0.2) is 15.4 Å². The van der Waals surface area contributed by atoms with E-state index in [9.17, 15) is 0 Å². The van der Waals surface area contributed by atoms with Crippen LogP contribution in [0.4, 0.5) is 0 Å². The Morgan fingerprint density at radius 3 is 2.04 bits per heavy atom. The maximum Gasteiger partial charge on any atom is 0.193 e. The maximum absolute atomic E-state index is 6.89. The molecule has 0 aliphatic carbocycles. The second-order valence-electron chi connectivity index (χ2n) is 7.16. The smallest absolute Gasteiger partial charge is 0.193 e. The number of benzene rings is 2. The minimum atomic E-state index is -1.75. The molecule has 0 radical (unpaired) electrons. The Bertz CT molecular complexity index is 682. The van der Waals surface area contributed by atoms with E-state index in [1.807, 2.05) is 12.1 Å². The molecule has 0 N–H and O–H groups in total. The second kappa shape index (κ2) is 10.5. The van der Waals surface area contributed by atoms with Gasteiger partial charge in [-0.3, -0.25) is 0 Å². The van der Waals surface area contributed by atoms with Gasteiger partial charge in [0.2, 0.25) is 0 Å². The molecule has 0 spiro atoms. The molecule has 0 saturated heterocycles. The molecule has 0 saturated carbocycles. The summed E-state index contributed by atoms with van der Waals surface area (Å²) in [5, 5.41) is 0. The van der Waals surface area contributed by atoms with Gasteiger partial charge in [0.1, 0.15) is 5.75 Å². The predicted octanol–water partition coefficient (Wildman–Crippen LogP) is 6.95. The topological polar surface area (TPSA) is 18.5 Å². The van der Waals surface area contributed by atoms with Crippen LogP contribution in [0.5, 0.6) is 5.75 Å². The first-order chi connectivity index (χ1) is 13.1. The second-order valence-corrected chi connectivity index (χ2v) is 11.9. The Morgan fingerprint density at radius 2 is 1.52 bits per heavy atom. The molecule has 2 rings (SSSR count). The quantitative estimate of drug-likeness (QED) is 0.309. The molecule has 0 heterocycles. The fraction of sp³-hybridized carbons (Fsp3) is 0.417. The van der Waals surface area contributed by atoms with Crippen molar-refractivity contribution >= 4 is 8.32 Å². The van der Waals surface area contributed by atoms with Gasteiger partial charge in [-0.2, -0.15) is 0 Å². The standard InChI is InChI=1S/C24H34O2Si/c1-6-27(7-2,8-3)26-24(22-16-18-23(25-5)19-17-22)20(4)14-15-21-12-10-9-11-13-21/h9-13,16-19,24H,4,6-8,14-15H2,1-3,5H3. The molecule has 0 aliphatic heterocycles. The van der Waals surface area contributed by atoms with Crippen molar-refractivity contribution in [1.29, 1.82) is 0 Å². The largest absolute Gasteiger partial charge is 0.497 e. The number of ether oxygens (including phenoxy) is 1. The SMILES string of the molecule is C=C(CCc1ccccc1)C(O[Si](CC)(CC)CC)c1ccc(OC)cc1. The van der Waals surface area contributed by atoms with Crippen LogP contribution < -0.4 is 4.74 Å². The van der Waals surface area contributed by atoms with E-state index in [2.05, 4.69) is 69.8 Å². The van der Waals surface area contributed by atoms with Crippen LogP contribution in [0.2, 0.25) is 18.1 Å². The summed E-state index contributed by atoms with van der Waals surface area (Å²) in [6.07, 6.45) is 1.89. The molecule has 0 aliphatic rings. The van der Waals surface area contributed by atoms with E-state index in [1.165, 1.54) is 11.1 Å². The van der Waals surface area contributed by atoms with E-state index < -0.39 is 8.32 Å². The molecular formula is C24H34O2Si. The third kappa shape index (κ3) is 5.82. The average Bonchev–Trinajstić information content (AvgIpc) is 2.74. The first-order valence-electron chi connectivity index (χ1n) is 10.1. The predicted molar refractivity (Wildman–Crippen MR) is 118 cm³/mol. The highest BCUT2D eigenvalue weighted by atomic mass is 28.4. The lowest BCUT2D eigenvalue weighted by molar-refractivity contribution is 0.221. The van der Waals surface area contributed by atoms with Crippen molar-refractivity contribution in [2.75, 3.05) is 7.11 Å². The van der Waals surface area contributed by atoms with Crippen LogP contribution in [0.3, 0.4) is 0 Å². The van der Waals surface area contributed by atoms with Gasteiger partial charge in [-0.15, -0.1) is 0 Å². The summed E-state index contributed by atoms with van der Waals surface area (Å²) in [6, 6.07) is 22.3. The van der Waals surface area contributed by atoms with Crippen molar-refractivity contribution in [2.45, 2.75) is 57.8 Å². The number of hydrogen-bond donors (Lipinski definition) is 0. The number of methoxy groups -OCH3 is 1. The van der Waals surface area contributed by atoms with Crippen molar-refractivity contribution in [3.8, 4) is 5.75 Å². The van der Waals surface area contributed by atoms with E-state index >= 15 is 0 Å². The first-order valence-corrected chi connectivity index (χ1v) is 12.6. The molecule has 0 bridgehead atoms. The number of hydrogen-bond acceptors (Lipinski definition) is 2. The van der Waals surface area contributed by atoms with Gasteiger partial charge >= 0.3 is 0 Å². The fourth-order valence-corrected chi connectivity index (χ4v) is 6.30. The van der Waals surface area contributed by atoms with Gasteiger partial charge in [0.15, 0.2) is 8.32 Å². The molecule has 3 heteroatoms. The Balaban J connectivity index is 2.22. The minimum absolute atomic E-state index is 0.0360. The highest BCUT2D eigenvalue weighted by molar-refractivity contribution is 6.73. The highest BCUT2D eigenvalue weighted by Gasteiger charge is 2.33. The monoisotopic (exact) mass is 382 g/mol. The van der Waals surface area contributed by atoms with Crippen LogP contribution in [0.15, 0.2) is 66.7 Å². The highest BCUT2D eigenvalue weighted by Crippen LogP contribution is 2.35. The molecular weight excluding hydrogens is 348 g/mol. The van der Waals surface area contributed by atoms with E-state index in [-0.39, 0.29) is 6.10 Å². The summed E-state index contributed by atoms with van der Waals surface area (Å²) in [5.74, 6) is 0.873. The molecule has 0 amide bonds. The summed E-state index contributed by atoms with van der Waals surface area (Å²) < 4.78 is 12.2. The lowest BCUT2D eigenvalue weighted by atomic mass is 9.97. The number of rotatable bonds is 11. The van der Waals surface area contributed by atoms with Crippen LogP contribution in [-0.2, 0) is 10.8 Å². The lowest BCUT2D eigenvalue weighted by Gasteiger charge is -2.34. The van der Waals surface area contributed by atoms with Crippen molar-refractivity contribution in [2.24, 2.45) is 0 Å². The van der Waals surface area contributed by atoms with E-state index in [4.69, 9.17) is 9.16 Å². The lowest BCUT2D eigenvalue weighted by Crippen LogP contribution is -2.37. The zero-order valence-electron chi connectivity index (χ0n) is 17.3. The molecule has 27 heavy (non-hydrogen) atoms. The molecule has 2 aromatic carbocycles. The van der Waals surface area contributed by atoms with Crippen LogP contribution in [0.1, 0.15) is 44.4 Å². The molecule has 1 atom stereocenters. The summed E-state index contributed by atoms with van der Waals surface area (Å²) in [5.41, 5.74) is 3.69. The van der Waals surface area contributed by atoms with Gasteiger partial charge in [0, 0.05) is 0 Å². The molecule has 2 aromatic rings. The van der Waals surface area contributed by atoms with Gasteiger partial charge in [-0.1, -0.05) is 69.8 Å². The average molecular weight is 383 g/mol. The molecule has 0 aromatic heterocycles. The van der Waals surface area contributed by atoms with Gasteiger partial charge in [-0.05, 0) is 59.8 Å². The first kappa shape index (κ1) is 21.5. The summed E-state index contributed by atoms with van der Waals surface area (Å²) in [6.45, 7) is 11.3. The Kier molecular flexibility index (Phi) is 8.33. The third-order valence-electron chi connectivity index (χ3n) is 5.67. The fourth-order valence-electron chi connectivity index (χ4n) is 3.50. The van der Waals surface area contributed by atoms with E-state index in [1.54, 1.807) is 7.11 Å². The molecule has 2 nitrogen and oxygen atoms in total. The zero-order chi connectivity index (χ0) is 19.7. The summed E-state index contributed by atoms with van der Waals surface area (Å²) in [7, 11) is -0.0490. The van der Waals surface area contributed by atoms with Crippen molar-refractivity contribution in [3.05, 3.63) is 77.9 Å². The van der Waals surface area contributed by atoms with Crippen LogP contribution in [0, 0.1) is 0 Å². The number of aryl methyl sites for hydroxylation is 1. The summed E-state index contributed by atoms with van der Waals surface area (Å²) in [4.78, 5) is 0. The molecule has 1 unspecified atom stereocenters. The van der Waals surface area contributed by atoms with Crippen LogP contribution in [0.25, 0.3) is 0 Å². The van der Waals surface area contributed by atoms with Gasteiger partial charge in [-0.25, -0.2) is 0 Å². The van der Waals surface area contributed by atoms with Crippen molar-refractivity contribution in [3.63, 3.8) is 0 Å². The van der Waals surface area contributed by atoms with Gasteiger partial charge in [0.25, 0.3) is 0 Å². The Labute approximate surface area is 166 Å². The van der Waals surface area contributed by atoms with Crippen molar-refractivity contribution in [1.82, 2.24) is 0 Å². The van der Waals surface area contributed by atoms with E-state index in [0.717, 1.165) is 42.3 Å². The zero-order valence-corrected chi connectivity index (χ0v) is 18.3. The Hall–Kier alpha value is -1.84. The van der Waals surface area contributed by atoms with Gasteiger partial charge in [0.05, 0.1) is 13.2 Å². The van der Waals surface area contributed by atoms with Crippen LogP contribution >= 0.6 is 0 Å².